The van der Waals surface area contributed by atoms with Crippen LogP contribution in [-0.2, 0) is 11.2 Å². The zero-order chi connectivity index (χ0) is 13.5. The maximum absolute atomic E-state index is 11.7. The fourth-order valence-electron chi connectivity index (χ4n) is 1.28. The molecule has 0 aliphatic heterocycles. The van der Waals surface area contributed by atoms with Crippen molar-refractivity contribution in [2.75, 3.05) is 6.54 Å². The summed E-state index contributed by atoms with van der Waals surface area (Å²) in [5.74, 6) is 0.0341. The summed E-state index contributed by atoms with van der Waals surface area (Å²) in [6.45, 7) is 6.09. The Morgan fingerprint density at radius 2 is 2.11 bits per heavy atom. The fourth-order valence-corrected chi connectivity index (χ4v) is 1.28. The summed E-state index contributed by atoms with van der Waals surface area (Å²) in [6.07, 6.45) is 1.53. The lowest BCUT2D eigenvalue weighted by molar-refractivity contribution is -0.122. The van der Waals surface area contributed by atoms with E-state index in [1.54, 1.807) is 6.92 Å². The predicted octanol–water partition coefficient (Wildman–Crippen LogP) is 0.0116. The number of amides is 2. The molecule has 0 aliphatic carbocycles. The predicted molar refractivity (Wildman–Crippen MR) is 66.0 cm³/mol. The van der Waals surface area contributed by atoms with Crippen LogP contribution in [0.25, 0.3) is 0 Å². The molecule has 3 N–H and O–H groups in total. The summed E-state index contributed by atoms with van der Waals surface area (Å²) >= 11 is 0. The molecule has 1 unspecified atom stereocenters. The summed E-state index contributed by atoms with van der Waals surface area (Å²) in [4.78, 5) is 27.3. The average Bonchev–Trinajstić information content (AvgIpc) is 2.84. The molecule has 0 saturated carbocycles. The molecule has 0 radical (unpaired) electrons. The van der Waals surface area contributed by atoms with Crippen LogP contribution in [0.3, 0.4) is 0 Å². The Morgan fingerprint density at radius 3 is 2.67 bits per heavy atom. The minimum Gasteiger partial charge on any atom is -0.354 e. The number of aryl methyl sites for hydroxylation is 1. The van der Waals surface area contributed by atoms with Gasteiger partial charge >= 0.3 is 0 Å². The molecule has 18 heavy (non-hydrogen) atoms. The Hall–Kier alpha value is -1.92. The lowest BCUT2D eigenvalue weighted by atomic mass is 10.3. The SMILES string of the molecule is CCCNC(=O)C(C)NC(=O)c1n[nH]c(CC)n1. The first-order valence-corrected chi connectivity index (χ1v) is 6.08. The Morgan fingerprint density at radius 1 is 1.39 bits per heavy atom. The van der Waals surface area contributed by atoms with Gasteiger partial charge in [-0.05, 0) is 13.3 Å². The van der Waals surface area contributed by atoms with Crippen molar-refractivity contribution in [1.82, 2.24) is 25.8 Å². The number of hydrogen-bond donors (Lipinski definition) is 3. The molecule has 0 spiro atoms. The summed E-state index contributed by atoms with van der Waals surface area (Å²) < 4.78 is 0. The normalized spacial score (nSPS) is 11.9. The van der Waals surface area contributed by atoms with Crippen LogP contribution in [0.5, 0.6) is 0 Å². The number of aromatic amines is 1. The largest absolute Gasteiger partial charge is 0.354 e. The first kappa shape index (κ1) is 14.1. The van der Waals surface area contributed by atoms with Crippen molar-refractivity contribution >= 4 is 11.8 Å². The fraction of sp³-hybridized carbons (Fsp3) is 0.636. The minimum absolute atomic E-state index is 0.0574. The number of hydrogen-bond acceptors (Lipinski definition) is 4. The Balaban J connectivity index is 2.51. The van der Waals surface area contributed by atoms with Gasteiger partial charge < -0.3 is 10.6 Å². The van der Waals surface area contributed by atoms with E-state index >= 15 is 0 Å². The number of carbonyl (C=O) groups is 2. The molecule has 0 bridgehead atoms. The van der Waals surface area contributed by atoms with Gasteiger partial charge in [0.05, 0.1) is 0 Å². The molecule has 0 aliphatic rings. The molecule has 100 valence electrons. The van der Waals surface area contributed by atoms with E-state index in [4.69, 9.17) is 0 Å². The summed E-state index contributed by atoms with van der Waals surface area (Å²) in [5, 5.41) is 11.7. The van der Waals surface area contributed by atoms with E-state index in [-0.39, 0.29) is 11.7 Å². The smallest absolute Gasteiger partial charge is 0.291 e. The van der Waals surface area contributed by atoms with Crippen LogP contribution in [0.4, 0.5) is 0 Å². The molecule has 1 aromatic rings. The zero-order valence-corrected chi connectivity index (χ0v) is 10.9. The van der Waals surface area contributed by atoms with Gasteiger partial charge in [-0.3, -0.25) is 14.7 Å². The maximum atomic E-state index is 11.7. The second-order valence-electron chi connectivity index (χ2n) is 3.95. The minimum atomic E-state index is -0.604. The van der Waals surface area contributed by atoms with Crippen molar-refractivity contribution in [3.05, 3.63) is 11.6 Å². The highest BCUT2D eigenvalue weighted by Crippen LogP contribution is 1.94. The summed E-state index contributed by atoms with van der Waals surface area (Å²) in [5.41, 5.74) is 0. The van der Waals surface area contributed by atoms with Crippen molar-refractivity contribution < 1.29 is 9.59 Å². The van der Waals surface area contributed by atoms with Crippen LogP contribution in [0, 0.1) is 0 Å². The second-order valence-corrected chi connectivity index (χ2v) is 3.95. The number of nitrogens with one attached hydrogen (secondary N) is 3. The summed E-state index contributed by atoms with van der Waals surface area (Å²) in [7, 11) is 0. The molecule has 2 amide bonds. The van der Waals surface area contributed by atoms with Crippen molar-refractivity contribution in [2.45, 2.75) is 39.7 Å². The van der Waals surface area contributed by atoms with Gasteiger partial charge in [0.25, 0.3) is 5.91 Å². The molecule has 0 aromatic carbocycles. The van der Waals surface area contributed by atoms with Crippen LogP contribution in [-0.4, -0.2) is 39.6 Å². The molecule has 7 heteroatoms. The number of rotatable bonds is 6. The standard InChI is InChI=1S/C11H19N5O2/c1-4-6-12-10(17)7(3)13-11(18)9-14-8(5-2)15-16-9/h7H,4-6H2,1-3H3,(H,12,17)(H,13,18)(H,14,15,16). The van der Waals surface area contributed by atoms with Crippen LogP contribution >= 0.6 is 0 Å². The van der Waals surface area contributed by atoms with Crippen LogP contribution < -0.4 is 10.6 Å². The first-order chi connectivity index (χ1) is 8.58. The van der Waals surface area contributed by atoms with E-state index in [1.165, 1.54) is 0 Å². The second kappa shape index (κ2) is 6.73. The quantitative estimate of drug-likeness (QED) is 0.665. The van der Waals surface area contributed by atoms with E-state index in [0.717, 1.165) is 6.42 Å². The van der Waals surface area contributed by atoms with Gasteiger partial charge in [-0.15, -0.1) is 5.10 Å². The van der Waals surface area contributed by atoms with Gasteiger partial charge in [-0.25, -0.2) is 4.98 Å². The van der Waals surface area contributed by atoms with Gasteiger partial charge in [0.15, 0.2) is 0 Å². The molecule has 0 fully saturated rings. The van der Waals surface area contributed by atoms with Crippen LogP contribution in [0.15, 0.2) is 0 Å². The third-order valence-electron chi connectivity index (χ3n) is 2.36. The average molecular weight is 253 g/mol. The number of aromatic nitrogens is 3. The van der Waals surface area contributed by atoms with E-state index in [1.807, 2.05) is 13.8 Å². The van der Waals surface area contributed by atoms with Gasteiger partial charge in [0.2, 0.25) is 11.7 Å². The van der Waals surface area contributed by atoms with Gasteiger partial charge in [0, 0.05) is 13.0 Å². The van der Waals surface area contributed by atoms with Crippen molar-refractivity contribution in [3.8, 4) is 0 Å². The topological polar surface area (TPSA) is 99.8 Å². The molecular weight excluding hydrogens is 234 g/mol. The first-order valence-electron chi connectivity index (χ1n) is 6.08. The third kappa shape index (κ3) is 3.83. The zero-order valence-electron chi connectivity index (χ0n) is 10.9. The van der Waals surface area contributed by atoms with Gasteiger partial charge in [-0.1, -0.05) is 13.8 Å². The monoisotopic (exact) mass is 253 g/mol. The molecule has 1 heterocycles. The van der Waals surface area contributed by atoms with Crippen molar-refractivity contribution in [1.29, 1.82) is 0 Å². The van der Waals surface area contributed by atoms with Gasteiger partial charge in [-0.2, -0.15) is 0 Å². The van der Waals surface area contributed by atoms with E-state index in [0.29, 0.717) is 18.8 Å². The molecule has 1 aromatic heterocycles. The molecule has 7 nitrogen and oxygen atoms in total. The highest BCUT2D eigenvalue weighted by atomic mass is 16.2. The van der Waals surface area contributed by atoms with E-state index < -0.39 is 11.9 Å². The Labute approximate surface area is 106 Å². The Kier molecular flexibility index (Phi) is 5.29. The van der Waals surface area contributed by atoms with Crippen LogP contribution in [0.1, 0.15) is 43.6 Å². The highest BCUT2D eigenvalue weighted by Gasteiger charge is 2.18. The highest BCUT2D eigenvalue weighted by molar-refractivity contribution is 5.94. The van der Waals surface area contributed by atoms with E-state index in [9.17, 15) is 9.59 Å². The number of carbonyl (C=O) groups excluding carboxylic acids is 2. The van der Waals surface area contributed by atoms with E-state index in [2.05, 4.69) is 25.8 Å². The summed E-state index contributed by atoms with van der Waals surface area (Å²) in [6, 6.07) is -0.604. The Bertz CT molecular complexity index is 415. The number of nitrogens with zero attached hydrogens (tertiary/aromatic N) is 2. The molecule has 1 rings (SSSR count). The molecular formula is C11H19N5O2. The molecule has 0 saturated heterocycles. The van der Waals surface area contributed by atoms with Gasteiger partial charge in [0.1, 0.15) is 11.9 Å². The number of H-pyrrole nitrogens is 1. The maximum Gasteiger partial charge on any atom is 0.291 e. The van der Waals surface area contributed by atoms with Crippen molar-refractivity contribution in [3.63, 3.8) is 0 Å². The molecule has 1 atom stereocenters. The lowest BCUT2D eigenvalue weighted by Crippen LogP contribution is -2.45. The van der Waals surface area contributed by atoms with Crippen molar-refractivity contribution in [2.24, 2.45) is 0 Å². The lowest BCUT2D eigenvalue weighted by Gasteiger charge is -2.12. The third-order valence-corrected chi connectivity index (χ3v) is 2.36. The van der Waals surface area contributed by atoms with Crippen LogP contribution in [0.2, 0.25) is 0 Å².